The smallest absolute Gasteiger partial charge is 0.221 e. The van der Waals surface area contributed by atoms with Crippen LogP contribution in [0.3, 0.4) is 0 Å². The van der Waals surface area contributed by atoms with Crippen molar-refractivity contribution < 1.29 is 13.2 Å². The first kappa shape index (κ1) is 20.2. The molecule has 0 aliphatic rings. The fourth-order valence-electron chi connectivity index (χ4n) is 2.76. The molecule has 3 rings (SSSR count). The molecule has 0 atom stereocenters. The molecule has 0 saturated carbocycles. The number of carbonyl (C=O) groups excluding carboxylic acids is 1. The summed E-state index contributed by atoms with van der Waals surface area (Å²) in [4.78, 5) is 18.0. The van der Waals surface area contributed by atoms with Gasteiger partial charge in [-0.2, -0.15) is 0 Å². The maximum absolute atomic E-state index is 12.3. The molecule has 3 aromatic rings. The Morgan fingerprint density at radius 2 is 1.71 bits per heavy atom. The fourth-order valence-corrected chi connectivity index (χ4v) is 5.11. The third kappa shape index (κ3) is 4.85. The van der Waals surface area contributed by atoms with Crippen molar-refractivity contribution in [3.8, 4) is 10.6 Å². The Morgan fingerprint density at radius 1 is 1.04 bits per heavy atom. The summed E-state index contributed by atoms with van der Waals surface area (Å²) in [5, 5.41) is 3.73. The van der Waals surface area contributed by atoms with E-state index in [1.807, 2.05) is 38.1 Å². The molecule has 0 fully saturated rings. The number of aromatic nitrogens is 1. The number of sulfone groups is 1. The summed E-state index contributed by atoms with van der Waals surface area (Å²) in [6, 6.07) is 16.2. The molecule has 7 heteroatoms. The standard InChI is InChI=1S/C21H22N2O3S2/c1-15-8-6-7-11-18(15)21-23-16(2)19(27-21)14-22-20(24)12-13-28(25,26)17-9-4-3-5-10-17/h3-11H,12-14H2,1-2H3,(H,22,24). The summed E-state index contributed by atoms with van der Waals surface area (Å²) in [6.45, 7) is 4.31. The normalized spacial score (nSPS) is 11.4. The van der Waals surface area contributed by atoms with E-state index in [1.165, 1.54) is 0 Å². The number of carbonyl (C=O) groups is 1. The van der Waals surface area contributed by atoms with E-state index in [2.05, 4.69) is 10.3 Å². The van der Waals surface area contributed by atoms with Gasteiger partial charge in [-0.15, -0.1) is 11.3 Å². The van der Waals surface area contributed by atoms with Gasteiger partial charge in [-0.05, 0) is 31.5 Å². The molecule has 0 saturated heterocycles. The highest BCUT2D eigenvalue weighted by Gasteiger charge is 2.17. The van der Waals surface area contributed by atoms with Gasteiger partial charge in [-0.1, -0.05) is 42.5 Å². The Bertz CT molecular complexity index is 1070. The van der Waals surface area contributed by atoms with E-state index in [1.54, 1.807) is 41.7 Å². The van der Waals surface area contributed by atoms with Crippen LogP contribution in [0.5, 0.6) is 0 Å². The molecule has 1 aromatic heterocycles. The average Bonchev–Trinajstić information content (AvgIpc) is 3.06. The van der Waals surface area contributed by atoms with Gasteiger partial charge >= 0.3 is 0 Å². The lowest BCUT2D eigenvalue weighted by atomic mass is 10.1. The van der Waals surface area contributed by atoms with Gasteiger partial charge in [0.2, 0.25) is 5.91 Å². The summed E-state index contributed by atoms with van der Waals surface area (Å²) >= 11 is 1.55. The first-order valence-corrected chi connectivity index (χ1v) is 11.4. The Morgan fingerprint density at radius 3 is 2.43 bits per heavy atom. The van der Waals surface area contributed by atoms with Crippen LogP contribution in [0.4, 0.5) is 0 Å². The number of hydrogen-bond acceptors (Lipinski definition) is 5. The Labute approximate surface area is 169 Å². The maximum Gasteiger partial charge on any atom is 0.221 e. The molecule has 0 spiro atoms. The van der Waals surface area contributed by atoms with Gasteiger partial charge in [0.15, 0.2) is 9.84 Å². The predicted molar refractivity (Wildman–Crippen MR) is 112 cm³/mol. The third-order valence-corrected chi connectivity index (χ3v) is 7.34. The van der Waals surface area contributed by atoms with E-state index in [-0.39, 0.29) is 23.0 Å². The molecule has 0 unspecified atom stereocenters. The van der Waals surface area contributed by atoms with E-state index < -0.39 is 9.84 Å². The number of nitrogens with one attached hydrogen (secondary N) is 1. The molecule has 0 radical (unpaired) electrons. The number of aryl methyl sites for hydroxylation is 2. The summed E-state index contributed by atoms with van der Waals surface area (Å²) in [5.41, 5.74) is 3.11. The number of amides is 1. The molecule has 0 aliphatic heterocycles. The van der Waals surface area contributed by atoms with Gasteiger partial charge < -0.3 is 5.32 Å². The quantitative estimate of drug-likeness (QED) is 0.636. The van der Waals surface area contributed by atoms with Crippen molar-refractivity contribution in [2.75, 3.05) is 5.75 Å². The van der Waals surface area contributed by atoms with Crippen LogP contribution in [-0.4, -0.2) is 25.1 Å². The first-order chi connectivity index (χ1) is 13.4. The highest BCUT2D eigenvalue weighted by Crippen LogP contribution is 2.30. The van der Waals surface area contributed by atoms with Crippen LogP contribution in [-0.2, 0) is 21.2 Å². The van der Waals surface area contributed by atoms with Crippen LogP contribution in [0.25, 0.3) is 10.6 Å². The molecule has 28 heavy (non-hydrogen) atoms. The first-order valence-electron chi connectivity index (χ1n) is 8.93. The van der Waals surface area contributed by atoms with Crippen LogP contribution in [0.15, 0.2) is 59.5 Å². The Kier molecular flexibility index (Phi) is 6.26. The minimum absolute atomic E-state index is 0.0697. The van der Waals surface area contributed by atoms with Gasteiger partial charge in [0.05, 0.1) is 22.9 Å². The van der Waals surface area contributed by atoms with Gasteiger partial charge in [-0.25, -0.2) is 13.4 Å². The van der Waals surface area contributed by atoms with Crippen molar-refractivity contribution in [3.63, 3.8) is 0 Å². The zero-order chi connectivity index (χ0) is 20.1. The number of nitrogens with zero attached hydrogens (tertiary/aromatic N) is 1. The molecule has 0 aliphatic carbocycles. The molecule has 1 amide bonds. The van der Waals surface area contributed by atoms with Crippen molar-refractivity contribution >= 4 is 27.1 Å². The van der Waals surface area contributed by atoms with E-state index in [0.29, 0.717) is 6.54 Å². The second-order valence-electron chi connectivity index (χ2n) is 6.50. The number of rotatable bonds is 7. The minimum atomic E-state index is -3.45. The molecule has 1 N–H and O–H groups in total. The monoisotopic (exact) mass is 414 g/mol. The van der Waals surface area contributed by atoms with Crippen molar-refractivity contribution in [1.29, 1.82) is 0 Å². The van der Waals surface area contributed by atoms with Crippen molar-refractivity contribution in [2.45, 2.75) is 31.7 Å². The summed E-state index contributed by atoms with van der Waals surface area (Å²) in [7, 11) is -3.45. The molecule has 1 heterocycles. The van der Waals surface area contributed by atoms with Crippen LogP contribution >= 0.6 is 11.3 Å². The van der Waals surface area contributed by atoms with Gasteiger partial charge in [0, 0.05) is 16.9 Å². The molecule has 0 bridgehead atoms. The summed E-state index contributed by atoms with van der Waals surface area (Å²) < 4.78 is 24.5. The lowest BCUT2D eigenvalue weighted by Gasteiger charge is -2.06. The molecular formula is C21H22N2O3S2. The summed E-state index contributed by atoms with van der Waals surface area (Å²) in [5.74, 6) is -0.497. The largest absolute Gasteiger partial charge is 0.351 e. The molecule has 146 valence electrons. The van der Waals surface area contributed by atoms with E-state index in [0.717, 1.165) is 26.7 Å². The second kappa shape index (κ2) is 8.67. The summed E-state index contributed by atoms with van der Waals surface area (Å²) in [6.07, 6.45) is -0.0697. The third-order valence-electron chi connectivity index (χ3n) is 4.41. The Hall–Kier alpha value is -2.51. The lowest BCUT2D eigenvalue weighted by molar-refractivity contribution is -0.120. The van der Waals surface area contributed by atoms with Gasteiger partial charge in [-0.3, -0.25) is 4.79 Å². The van der Waals surface area contributed by atoms with E-state index in [4.69, 9.17) is 0 Å². The Balaban J connectivity index is 1.59. The number of thiazole rings is 1. The van der Waals surface area contributed by atoms with Crippen molar-refractivity contribution in [1.82, 2.24) is 10.3 Å². The van der Waals surface area contributed by atoms with Crippen molar-refractivity contribution in [3.05, 3.63) is 70.7 Å². The van der Waals surface area contributed by atoms with Gasteiger partial charge in [0.1, 0.15) is 5.01 Å². The van der Waals surface area contributed by atoms with Crippen molar-refractivity contribution in [2.24, 2.45) is 0 Å². The average molecular weight is 415 g/mol. The lowest BCUT2D eigenvalue weighted by Crippen LogP contribution is -2.25. The SMILES string of the molecule is Cc1ccccc1-c1nc(C)c(CNC(=O)CCS(=O)(=O)c2ccccc2)s1. The molecule has 5 nitrogen and oxygen atoms in total. The molecular weight excluding hydrogens is 392 g/mol. The fraction of sp³-hybridized carbons (Fsp3) is 0.238. The van der Waals surface area contributed by atoms with E-state index in [9.17, 15) is 13.2 Å². The number of hydrogen-bond donors (Lipinski definition) is 1. The maximum atomic E-state index is 12.3. The van der Waals surface area contributed by atoms with Crippen LogP contribution in [0, 0.1) is 13.8 Å². The van der Waals surface area contributed by atoms with Gasteiger partial charge in [0.25, 0.3) is 0 Å². The predicted octanol–water partition coefficient (Wildman–Crippen LogP) is 3.91. The van der Waals surface area contributed by atoms with Crippen LogP contribution in [0.1, 0.15) is 22.6 Å². The zero-order valence-electron chi connectivity index (χ0n) is 15.8. The van der Waals surface area contributed by atoms with Crippen LogP contribution < -0.4 is 5.32 Å². The topological polar surface area (TPSA) is 76.1 Å². The highest BCUT2D eigenvalue weighted by molar-refractivity contribution is 7.91. The zero-order valence-corrected chi connectivity index (χ0v) is 17.4. The van der Waals surface area contributed by atoms with Crippen LogP contribution in [0.2, 0.25) is 0 Å². The molecule has 2 aromatic carbocycles. The highest BCUT2D eigenvalue weighted by atomic mass is 32.2. The second-order valence-corrected chi connectivity index (χ2v) is 9.69. The number of benzene rings is 2. The minimum Gasteiger partial charge on any atom is -0.351 e. The van der Waals surface area contributed by atoms with E-state index >= 15 is 0 Å².